The second kappa shape index (κ2) is 6.32. The van der Waals surface area contributed by atoms with E-state index < -0.39 is 0 Å². The van der Waals surface area contributed by atoms with Crippen LogP contribution < -0.4 is 16.3 Å². The van der Waals surface area contributed by atoms with Crippen LogP contribution in [0.15, 0.2) is 60.8 Å². The number of anilines is 2. The minimum Gasteiger partial charge on any atom is -0.320 e. The van der Waals surface area contributed by atoms with Gasteiger partial charge < -0.3 is 15.6 Å². The number of aromatic amines is 1. The highest BCUT2D eigenvalue weighted by Crippen LogP contribution is 2.47. The zero-order valence-electron chi connectivity index (χ0n) is 14.7. The molecule has 2 amide bonds. The molecule has 28 heavy (non-hydrogen) atoms. The highest BCUT2D eigenvalue weighted by atomic mass is 32.2. The van der Waals surface area contributed by atoms with E-state index in [0.29, 0.717) is 27.6 Å². The van der Waals surface area contributed by atoms with Crippen LogP contribution in [0.3, 0.4) is 0 Å². The molecule has 2 aromatic carbocycles. The van der Waals surface area contributed by atoms with Gasteiger partial charge in [-0.3, -0.25) is 14.2 Å². The van der Waals surface area contributed by atoms with E-state index in [1.54, 1.807) is 10.6 Å². The fraction of sp³-hybridized carbons (Fsp3) is 0.105. The maximum atomic E-state index is 12.7. The zero-order chi connectivity index (χ0) is 19.4. The number of hydrogen-bond acceptors (Lipinski definition) is 5. The highest BCUT2D eigenvalue weighted by Gasteiger charge is 2.31. The number of fused-ring (bicyclic) bond motifs is 3. The fourth-order valence-corrected chi connectivity index (χ4v) is 5.42. The average molecular weight is 410 g/mol. The summed E-state index contributed by atoms with van der Waals surface area (Å²) in [6.45, 7) is 2.44. The van der Waals surface area contributed by atoms with Gasteiger partial charge in [-0.2, -0.15) is 0 Å². The number of nitrogens with one attached hydrogen (secondary N) is 3. The lowest BCUT2D eigenvalue weighted by Gasteiger charge is -2.24. The Hall–Kier alpha value is -2.91. The van der Waals surface area contributed by atoms with Crippen LogP contribution in [0.2, 0.25) is 0 Å². The Balaban J connectivity index is 1.62. The molecule has 0 bridgehead atoms. The number of rotatable bonds is 1. The Kier molecular flexibility index (Phi) is 3.88. The lowest BCUT2D eigenvalue weighted by Crippen LogP contribution is -2.24. The van der Waals surface area contributed by atoms with Crippen LogP contribution in [0.5, 0.6) is 0 Å². The zero-order valence-corrected chi connectivity index (χ0v) is 16.3. The molecule has 0 unspecified atom stereocenters. The van der Waals surface area contributed by atoms with Crippen molar-refractivity contribution < 1.29 is 9.59 Å². The van der Waals surface area contributed by atoms with Crippen molar-refractivity contribution in [3.05, 3.63) is 56.7 Å². The second-order valence-electron chi connectivity index (χ2n) is 6.31. The van der Waals surface area contributed by atoms with Crippen LogP contribution in [0.4, 0.5) is 11.4 Å². The molecule has 3 aromatic rings. The first-order valence-electron chi connectivity index (χ1n) is 8.63. The number of H-pyrrole nitrogens is 1. The molecule has 2 aliphatic rings. The monoisotopic (exact) mass is 410 g/mol. The van der Waals surface area contributed by atoms with E-state index in [0.717, 1.165) is 21.0 Å². The maximum Gasteiger partial charge on any atom is 0.326 e. The van der Waals surface area contributed by atoms with E-state index in [4.69, 9.17) is 0 Å². The molecule has 0 radical (unpaired) electrons. The van der Waals surface area contributed by atoms with E-state index in [1.165, 1.54) is 23.5 Å². The summed E-state index contributed by atoms with van der Waals surface area (Å²) in [5, 5.41) is 5.69. The summed E-state index contributed by atoms with van der Waals surface area (Å²) in [6.07, 6.45) is 0. The van der Waals surface area contributed by atoms with Gasteiger partial charge in [0, 0.05) is 16.3 Å². The standard InChI is InChI=1S/C19H14N4O3S2/c1-2-23-12-8-14-11(7-10(12)22-19(23)26)21-18(25)16(28-14)15-17(24)20-9-5-3-4-6-13(9)27-15/h3-8H,2H2,1H3,(H,20,24)(H,21,25)(H,22,26)/b16-15+. The van der Waals surface area contributed by atoms with Crippen molar-refractivity contribution in [2.24, 2.45) is 0 Å². The van der Waals surface area contributed by atoms with Crippen LogP contribution in [-0.2, 0) is 16.1 Å². The number of aromatic nitrogens is 2. The largest absolute Gasteiger partial charge is 0.326 e. The quantitative estimate of drug-likeness (QED) is 0.535. The molecule has 1 aromatic heterocycles. The molecular weight excluding hydrogens is 396 g/mol. The Labute approximate surface area is 167 Å². The minimum absolute atomic E-state index is 0.187. The molecule has 0 saturated carbocycles. The van der Waals surface area contributed by atoms with E-state index in [1.807, 2.05) is 37.3 Å². The van der Waals surface area contributed by atoms with Gasteiger partial charge in [0.15, 0.2) is 0 Å². The van der Waals surface area contributed by atoms with Gasteiger partial charge >= 0.3 is 5.69 Å². The number of aryl methyl sites for hydroxylation is 1. The van der Waals surface area contributed by atoms with Crippen molar-refractivity contribution in [2.75, 3.05) is 10.6 Å². The molecule has 0 saturated heterocycles. The van der Waals surface area contributed by atoms with Crippen molar-refractivity contribution in [1.82, 2.24) is 9.55 Å². The van der Waals surface area contributed by atoms with Gasteiger partial charge in [-0.1, -0.05) is 35.7 Å². The molecule has 140 valence electrons. The van der Waals surface area contributed by atoms with Crippen molar-refractivity contribution in [1.29, 1.82) is 0 Å². The van der Waals surface area contributed by atoms with Crippen molar-refractivity contribution in [3.8, 4) is 0 Å². The van der Waals surface area contributed by atoms with Gasteiger partial charge in [0.1, 0.15) is 0 Å². The van der Waals surface area contributed by atoms with Crippen LogP contribution >= 0.6 is 23.5 Å². The molecule has 9 heteroatoms. The molecule has 0 aliphatic carbocycles. The number of nitrogens with zero attached hydrogens (tertiary/aromatic N) is 1. The van der Waals surface area contributed by atoms with Crippen LogP contribution in [-0.4, -0.2) is 21.4 Å². The number of para-hydroxylation sites is 1. The van der Waals surface area contributed by atoms with Crippen molar-refractivity contribution in [3.63, 3.8) is 0 Å². The Morgan fingerprint density at radius 3 is 2.32 bits per heavy atom. The third kappa shape index (κ3) is 2.58. The summed E-state index contributed by atoms with van der Waals surface area (Å²) in [5.41, 5.74) is 2.61. The number of imidazole rings is 1. The van der Waals surface area contributed by atoms with Gasteiger partial charge in [-0.25, -0.2) is 4.79 Å². The molecule has 3 heterocycles. The average Bonchev–Trinajstić information content (AvgIpc) is 2.99. The predicted octanol–water partition coefficient (Wildman–Crippen LogP) is 3.35. The van der Waals surface area contributed by atoms with E-state index in [-0.39, 0.29) is 17.5 Å². The van der Waals surface area contributed by atoms with Crippen LogP contribution in [0.25, 0.3) is 11.0 Å². The van der Waals surface area contributed by atoms with Gasteiger partial charge in [-0.05, 0) is 31.2 Å². The summed E-state index contributed by atoms with van der Waals surface area (Å²) < 4.78 is 1.64. The minimum atomic E-state index is -0.328. The number of carbonyl (C=O) groups is 2. The lowest BCUT2D eigenvalue weighted by atomic mass is 10.2. The summed E-state index contributed by atoms with van der Waals surface area (Å²) >= 11 is 2.54. The summed E-state index contributed by atoms with van der Waals surface area (Å²) in [6, 6.07) is 11.1. The molecule has 0 spiro atoms. The van der Waals surface area contributed by atoms with Gasteiger partial charge in [-0.15, -0.1) is 0 Å². The van der Waals surface area contributed by atoms with E-state index >= 15 is 0 Å². The maximum absolute atomic E-state index is 12.7. The van der Waals surface area contributed by atoms with Gasteiger partial charge in [0.25, 0.3) is 11.8 Å². The first-order valence-corrected chi connectivity index (χ1v) is 10.3. The van der Waals surface area contributed by atoms with Crippen LogP contribution in [0.1, 0.15) is 6.92 Å². The van der Waals surface area contributed by atoms with E-state index in [2.05, 4.69) is 15.6 Å². The number of carbonyl (C=O) groups excluding carboxylic acids is 2. The molecular formula is C19H14N4O3S2. The fourth-order valence-electron chi connectivity index (χ4n) is 3.31. The SMILES string of the molecule is CCn1c(=O)[nH]c2cc3c(cc21)S/C(=C1/Sc2ccccc2NC1=O)C(=O)N3. The smallest absolute Gasteiger partial charge is 0.320 e. The third-order valence-electron chi connectivity index (χ3n) is 4.62. The molecule has 2 aliphatic heterocycles. The van der Waals surface area contributed by atoms with Crippen molar-refractivity contribution in [2.45, 2.75) is 23.3 Å². The number of thioether (sulfide) groups is 2. The topological polar surface area (TPSA) is 96.0 Å². The molecule has 3 N–H and O–H groups in total. The molecule has 7 nitrogen and oxygen atoms in total. The Morgan fingerprint density at radius 1 is 0.893 bits per heavy atom. The predicted molar refractivity (Wildman–Crippen MR) is 111 cm³/mol. The first-order chi connectivity index (χ1) is 13.5. The highest BCUT2D eigenvalue weighted by molar-refractivity contribution is 8.08. The van der Waals surface area contributed by atoms with Gasteiger partial charge in [0.05, 0.1) is 32.2 Å². The molecule has 0 fully saturated rings. The number of benzene rings is 2. The van der Waals surface area contributed by atoms with E-state index in [9.17, 15) is 14.4 Å². The first kappa shape index (κ1) is 17.2. The van der Waals surface area contributed by atoms with Crippen LogP contribution in [0, 0.1) is 0 Å². The summed E-state index contributed by atoms with van der Waals surface area (Å²) in [7, 11) is 0. The lowest BCUT2D eigenvalue weighted by molar-refractivity contribution is -0.114. The number of hydrogen-bond donors (Lipinski definition) is 3. The summed E-state index contributed by atoms with van der Waals surface area (Å²) in [5.74, 6) is -0.621. The molecule has 5 rings (SSSR count). The Morgan fingerprint density at radius 2 is 1.57 bits per heavy atom. The van der Waals surface area contributed by atoms with Crippen molar-refractivity contribution >= 4 is 57.7 Å². The Bertz CT molecular complexity index is 1270. The third-order valence-corrected chi connectivity index (χ3v) is 7.07. The molecule has 0 atom stereocenters. The summed E-state index contributed by atoms with van der Waals surface area (Å²) in [4.78, 5) is 42.6. The number of amides is 2. The normalized spacial score (nSPS) is 18.5. The second-order valence-corrected chi connectivity index (χ2v) is 8.41. The van der Waals surface area contributed by atoms with Gasteiger partial charge in [0.2, 0.25) is 0 Å².